The summed E-state index contributed by atoms with van der Waals surface area (Å²) >= 11 is 14.4. The number of esters is 1. The van der Waals surface area contributed by atoms with E-state index in [0.717, 1.165) is 80.2 Å². The van der Waals surface area contributed by atoms with Gasteiger partial charge in [0.2, 0.25) is 0 Å². The van der Waals surface area contributed by atoms with E-state index in [0.29, 0.717) is 70.1 Å². The minimum Gasteiger partial charge on any atom is -0.456 e. The molecular weight excluding hydrogens is 1180 g/mol. The van der Waals surface area contributed by atoms with Crippen LogP contribution in [0.1, 0.15) is 82.3 Å². The van der Waals surface area contributed by atoms with E-state index in [9.17, 15) is 40.7 Å². The smallest absolute Gasteiger partial charge is 0.456 e. The molecule has 1 N–H and O–H groups in total. The third-order valence-corrected chi connectivity index (χ3v) is 17.6. The van der Waals surface area contributed by atoms with Crippen LogP contribution in [0.5, 0.6) is 5.75 Å². The molecule has 11 aromatic rings. The monoisotopic (exact) mass is 1230 g/mol. The number of fused-ring (bicyclic) bond motifs is 8. The third-order valence-electron chi connectivity index (χ3n) is 17.0. The summed E-state index contributed by atoms with van der Waals surface area (Å²) < 4.78 is 129. The number of ether oxygens (including phenoxy) is 1. The average Bonchev–Trinajstić information content (AvgIpc) is 0.773. The summed E-state index contributed by atoms with van der Waals surface area (Å²) in [5, 5.41) is 1.90. The van der Waals surface area contributed by atoms with Gasteiger partial charge >= 0.3 is 25.7 Å². The van der Waals surface area contributed by atoms with Gasteiger partial charge in [0, 0.05) is 79.5 Å². The first-order valence-electron chi connectivity index (χ1n) is 28.5. The van der Waals surface area contributed by atoms with E-state index >= 15 is 8.63 Å². The molecule has 0 saturated heterocycles. The first-order valence-corrected chi connectivity index (χ1v) is 29.2. The zero-order valence-corrected chi connectivity index (χ0v) is 47.7. The zero-order chi connectivity index (χ0) is 61.1. The molecule has 0 unspecified atom stereocenters. The van der Waals surface area contributed by atoms with Crippen LogP contribution in [0.3, 0.4) is 0 Å². The lowest BCUT2D eigenvalue weighted by Gasteiger charge is -2.16. The minimum absolute atomic E-state index is 0.0336. The van der Waals surface area contributed by atoms with Gasteiger partial charge in [0.05, 0.1) is 38.1 Å². The number of hydrogen-bond donors (Lipinski definition) is 1. The Morgan fingerprint density at radius 1 is 0.636 bits per heavy atom. The van der Waals surface area contributed by atoms with Gasteiger partial charge in [-0.15, -0.1) is 0 Å². The van der Waals surface area contributed by atoms with Gasteiger partial charge in [-0.05, 0) is 163 Å². The Hall–Kier alpha value is -9.06. The predicted molar refractivity (Wildman–Crippen MR) is 326 cm³/mol. The van der Waals surface area contributed by atoms with Crippen LogP contribution in [0.25, 0.3) is 77.1 Å². The molecule has 19 heteroatoms. The molecule has 0 amide bonds. The molecular formula is C69H45BCl2F8N3O5+. The summed E-state index contributed by atoms with van der Waals surface area (Å²) in [5.74, 6) is -0.531. The summed E-state index contributed by atoms with van der Waals surface area (Å²) in [5.41, 5.74) is 5.60. The fourth-order valence-electron chi connectivity index (χ4n) is 13.1. The number of aromatic nitrogens is 2. The number of halogens is 10. The third kappa shape index (κ3) is 9.88. The van der Waals surface area contributed by atoms with Gasteiger partial charge in [0.25, 0.3) is 11.1 Å². The topological polar surface area (TPSA) is 97.3 Å². The van der Waals surface area contributed by atoms with Crippen LogP contribution in [0.15, 0.2) is 183 Å². The number of alkyl halides is 6. The average molecular weight is 1230 g/mol. The molecule has 0 radical (unpaired) electrons. The summed E-state index contributed by atoms with van der Waals surface area (Å²) in [6.07, 6.45) is -2.99. The Kier molecular flexibility index (Phi) is 14.0. The van der Waals surface area contributed by atoms with E-state index in [1.54, 1.807) is 36.4 Å². The molecule has 0 spiro atoms. The molecule has 0 fully saturated rings. The predicted octanol–water partition coefficient (Wildman–Crippen LogP) is 17.7. The number of aromatic amines is 1. The summed E-state index contributed by atoms with van der Waals surface area (Å²) in [6.45, 7) is 0. The number of pyridine rings is 1. The Balaban J connectivity index is 0.724. The van der Waals surface area contributed by atoms with E-state index in [1.807, 2.05) is 48.5 Å². The molecule has 4 heterocycles. The van der Waals surface area contributed by atoms with E-state index < -0.39 is 48.0 Å². The van der Waals surface area contributed by atoms with Crippen LogP contribution < -0.4 is 15.9 Å². The van der Waals surface area contributed by atoms with Crippen molar-refractivity contribution >= 4 is 91.3 Å². The van der Waals surface area contributed by atoms with Gasteiger partial charge in [-0.25, -0.2) is 17.7 Å². The molecule has 2 aliphatic carbocycles. The highest BCUT2D eigenvalue weighted by Gasteiger charge is 2.48. The highest BCUT2D eigenvalue weighted by atomic mass is 35.5. The summed E-state index contributed by atoms with van der Waals surface area (Å²) in [4.78, 5) is 45.8. The summed E-state index contributed by atoms with van der Waals surface area (Å²) in [7, 11) is -2.94. The molecule has 3 aromatic heterocycles. The molecule has 88 heavy (non-hydrogen) atoms. The number of carbonyl (C=O) groups excluding carboxylic acids is 1. The minimum atomic E-state index is -5.06. The van der Waals surface area contributed by atoms with Gasteiger partial charge in [-0.3, -0.25) is 14.4 Å². The Morgan fingerprint density at radius 3 is 1.93 bits per heavy atom. The van der Waals surface area contributed by atoms with Crippen molar-refractivity contribution in [3.05, 3.63) is 250 Å². The lowest BCUT2D eigenvalue weighted by Crippen LogP contribution is -2.31. The van der Waals surface area contributed by atoms with Crippen molar-refractivity contribution in [2.75, 3.05) is 0 Å². The molecule has 0 saturated carbocycles. The number of H-pyrrole nitrogens is 1. The van der Waals surface area contributed by atoms with Crippen LogP contribution >= 0.6 is 23.2 Å². The first kappa shape index (κ1) is 56.7. The fourth-order valence-corrected chi connectivity index (χ4v) is 13.7. The number of aryl methyl sites for hydroxylation is 4. The van der Waals surface area contributed by atoms with Crippen molar-refractivity contribution in [1.29, 1.82) is 0 Å². The van der Waals surface area contributed by atoms with Crippen molar-refractivity contribution in [3.63, 3.8) is 0 Å². The van der Waals surface area contributed by atoms with E-state index in [4.69, 9.17) is 32.4 Å². The lowest BCUT2D eigenvalue weighted by molar-refractivity contribution is -0.340. The molecule has 1 aliphatic heterocycles. The van der Waals surface area contributed by atoms with Crippen LogP contribution in [-0.2, 0) is 42.8 Å². The maximum Gasteiger partial charge on any atom is 0.935 e. The van der Waals surface area contributed by atoms with Gasteiger partial charge in [-0.1, -0.05) is 89.9 Å². The number of rotatable bonds is 10. The number of hydrogen-bond acceptors (Lipinski definition) is 5. The normalized spacial score (nSPS) is 14.9. The molecule has 8 aromatic carbocycles. The molecule has 0 atom stereocenters. The molecule has 438 valence electrons. The molecule has 0 bridgehead atoms. The van der Waals surface area contributed by atoms with Crippen molar-refractivity contribution < 1.29 is 53.4 Å². The maximum absolute atomic E-state index is 15.9. The fraction of sp³-hybridized carbons (Fsp3) is 0.159. The van der Waals surface area contributed by atoms with Crippen molar-refractivity contribution in [1.82, 2.24) is 9.55 Å². The maximum atomic E-state index is 15.9. The van der Waals surface area contributed by atoms with Crippen LogP contribution in [-0.4, -0.2) is 33.1 Å². The van der Waals surface area contributed by atoms with Crippen LogP contribution in [0, 0.1) is 0 Å². The second kappa shape index (κ2) is 21.7. The highest BCUT2D eigenvalue weighted by molar-refractivity contribution is 6.39. The Bertz CT molecular complexity index is 4890. The van der Waals surface area contributed by atoms with E-state index in [1.165, 1.54) is 48.0 Å². The molecule has 8 nitrogen and oxygen atoms in total. The lowest BCUT2D eigenvalue weighted by atomic mass is 9.94. The number of nitrogens with zero attached hydrogens (tertiary/aromatic N) is 2. The molecule has 3 aliphatic rings. The van der Waals surface area contributed by atoms with E-state index in [-0.39, 0.29) is 78.1 Å². The number of allylic oxidation sites excluding steroid dienone is 2. The first-order chi connectivity index (χ1) is 42.3. The highest BCUT2D eigenvalue weighted by Crippen LogP contribution is 2.47. The number of nitrogens with one attached hydrogen (secondary N) is 1. The zero-order valence-electron chi connectivity index (χ0n) is 46.2. The van der Waals surface area contributed by atoms with Gasteiger partial charge in [0.15, 0.2) is 11.4 Å². The molecule has 14 rings (SSSR count). The van der Waals surface area contributed by atoms with Gasteiger partial charge in [0.1, 0.15) is 16.9 Å². The second-order valence-corrected chi connectivity index (χ2v) is 23.2. The number of carbonyl (C=O) groups is 1. The van der Waals surface area contributed by atoms with Crippen molar-refractivity contribution in [2.24, 2.45) is 0 Å². The van der Waals surface area contributed by atoms with E-state index in [2.05, 4.69) is 17.1 Å². The SMILES string of the molecule is O=C(CCCc1ccc(-n2c(=O)c3ccc4oc5ccc(-c6cc(C(F)(F)F)cc(C(F)(F)F)c6)cc5c5ccc(c2=O)c3c45)cc1)Oc1cc(Cl)c(/C(=C2\C=C3CCCc4ccccc4C3=[N+]2B(F)F)c2cc3c([nH]2)-c2ccccc2CCC3)c(Cl)c1. The van der Waals surface area contributed by atoms with Crippen molar-refractivity contribution in [2.45, 2.75) is 70.1 Å². The summed E-state index contributed by atoms with van der Waals surface area (Å²) in [6, 6.07) is 39.2. The standard InChI is InChI=1S/C69H44BCl2F8N3O5/c71-53-34-46(35-54(72)62(53)63(55-31-40-13-6-11-37-9-1-3-15-47(37)64(40)81-55)56-32-41-14-7-12-38-10-2-4-16-48(38)65(41)83(56)70(79)80)87-59(84)17-5-8-36-18-21-45(22-19-36)82-66(85)50-24-23-49-52-30-39(42-28-43(68(73,74)75)33-44(29-42)69(76,77)78)20-26-57(52)88-58-27-25-51(67(82)86)60(50)61(49)58/h1-4,9-10,15-16,18-35H,5-8,11-14,17H2/p+1. The van der Waals surface area contributed by atoms with Crippen LogP contribution in [0.2, 0.25) is 10.0 Å². The van der Waals surface area contributed by atoms with Crippen molar-refractivity contribution in [3.8, 4) is 33.8 Å². The second-order valence-electron chi connectivity index (χ2n) is 22.4. The Labute approximate surface area is 505 Å². The van der Waals surface area contributed by atoms with Gasteiger partial charge < -0.3 is 14.1 Å². The largest absolute Gasteiger partial charge is 0.935 e. The Morgan fingerprint density at radius 2 is 1.25 bits per heavy atom. The van der Waals surface area contributed by atoms with Gasteiger partial charge in [-0.2, -0.15) is 26.3 Å². The quantitative estimate of drug-likeness (QED) is 0.0367. The van der Waals surface area contributed by atoms with Crippen LogP contribution in [0.4, 0.5) is 35.0 Å². The number of benzene rings is 8.